The molecule has 4 nitrogen and oxygen atoms in total. The predicted octanol–water partition coefficient (Wildman–Crippen LogP) is 5.36. The monoisotopic (exact) mass is 402 g/mol. The molecule has 0 saturated heterocycles. The summed E-state index contributed by atoms with van der Waals surface area (Å²) < 4.78 is 11.4. The van der Waals surface area contributed by atoms with Crippen LogP contribution in [0.1, 0.15) is 69.2 Å². The summed E-state index contributed by atoms with van der Waals surface area (Å²) in [6, 6.07) is 4.21. The second-order valence-corrected chi connectivity index (χ2v) is 8.08. The van der Waals surface area contributed by atoms with Crippen molar-refractivity contribution < 1.29 is 19.4 Å². The van der Waals surface area contributed by atoms with Crippen molar-refractivity contribution in [1.82, 2.24) is 0 Å². The highest BCUT2D eigenvalue weighted by atomic mass is 16.7. The molecule has 162 valence electrons. The summed E-state index contributed by atoms with van der Waals surface area (Å²) in [5, 5.41) is 10.9. The van der Waals surface area contributed by atoms with Gasteiger partial charge in [0, 0.05) is 12.5 Å². The second-order valence-electron chi connectivity index (χ2n) is 8.08. The first-order chi connectivity index (χ1) is 13.9. The fraction of sp³-hybridized carbons (Fsp3) is 0.640. The van der Waals surface area contributed by atoms with E-state index in [2.05, 4.69) is 26.0 Å². The van der Waals surface area contributed by atoms with Crippen LogP contribution in [-0.4, -0.2) is 30.4 Å². The number of Topliss-reactive ketones (excluding diaryl/α,β-unsaturated/α-hetero) is 1. The molecule has 2 aliphatic carbocycles. The third kappa shape index (κ3) is 4.75. The lowest BCUT2D eigenvalue weighted by Gasteiger charge is -2.35. The van der Waals surface area contributed by atoms with Crippen LogP contribution in [-0.2, 0) is 14.3 Å². The van der Waals surface area contributed by atoms with Crippen molar-refractivity contribution in [2.24, 2.45) is 17.8 Å². The van der Waals surface area contributed by atoms with Gasteiger partial charge in [-0.25, -0.2) is 0 Å². The van der Waals surface area contributed by atoms with Crippen LogP contribution in [0.3, 0.4) is 0 Å². The molecule has 3 rings (SSSR count). The lowest BCUT2D eigenvalue weighted by atomic mass is 9.72. The van der Waals surface area contributed by atoms with Crippen LogP contribution in [0.4, 0.5) is 0 Å². The number of hydrogen-bond donors (Lipinski definition) is 1. The van der Waals surface area contributed by atoms with E-state index < -0.39 is 6.10 Å². The predicted molar refractivity (Wildman–Crippen MR) is 118 cm³/mol. The van der Waals surface area contributed by atoms with E-state index in [1.807, 2.05) is 34.6 Å². The lowest BCUT2D eigenvalue weighted by molar-refractivity contribution is -0.122. The van der Waals surface area contributed by atoms with Crippen LogP contribution < -0.4 is 0 Å². The molecule has 2 aliphatic rings. The maximum absolute atomic E-state index is 13.5. The molecule has 0 amide bonds. The van der Waals surface area contributed by atoms with Crippen molar-refractivity contribution in [1.29, 1.82) is 0 Å². The van der Waals surface area contributed by atoms with E-state index >= 15 is 0 Å². The minimum atomic E-state index is -0.544. The number of carbonyl (C=O) groups is 1. The average Bonchev–Trinajstić information content (AvgIpc) is 2.95. The number of hydrogen-bond acceptors (Lipinski definition) is 4. The fourth-order valence-corrected chi connectivity index (χ4v) is 4.97. The van der Waals surface area contributed by atoms with E-state index in [1.165, 1.54) is 5.56 Å². The zero-order valence-corrected chi connectivity index (χ0v) is 19.2. The number of fused-ring (bicyclic) bond motifs is 1. The number of benzene rings is 1. The third-order valence-electron chi connectivity index (χ3n) is 6.15. The molecule has 29 heavy (non-hydrogen) atoms. The van der Waals surface area contributed by atoms with Gasteiger partial charge >= 0.3 is 0 Å². The standard InChI is InChI=1S/C23H32O4.C2H6/c1-6-16-10-17-20(18(24)11-16)23(27-12-26-7-2)21(22(17)25)19-14(4)8-13(3)9-15(19)5;1-2/h8-9,16-18,20,24H,6-7,10-12H2,1-5H3;1-2H3/t16-,17+,18-,20+;/m0./s1. The maximum atomic E-state index is 13.5. The molecule has 0 unspecified atom stereocenters. The quantitative estimate of drug-likeness (QED) is 0.514. The van der Waals surface area contributed by atoms with Crippen LogP contribution in [0.5, 0.6) is 0 Å². The van der Waals surface area contributed by atoms with E-state index in [0.29, 0.717) is 23.9 Å². The lowest BCUT2D eigenvalue weighted by Crippen LogP contribution is -2.37. The Morgan fingerprint density at radius 2 is 1.69 bits per heavy atom. The van der Waals surface area contributed by atoms with Gasteiger partial charge in [0.25, 0.3) is 0 Å². The number of carbonyl (C=O) groups excluding carboxylic acids is 1. The molecule has 0 aromatic heterocycles. The Labute approximate surface area is 176 Å². The summed E-state index contributed by atoms with van der Waals surface area (Å²) in [6.45, 7) is 14.9. The Bertz CT molecular complexity index is 726. The molecule has 0 spiro atoms. The van der Waals surface area contributed by atoms with Gasteiger partial charge in [-0.2, -0.15) is 0 Å². The van der Waals surface area contributed by atoms with Crippen molar-refractivity contribution in [3.63, 3.8) is 0 Å². The van der Waals surface area contributed by atoms with Gasteiger partial charge in [-0.1, -0.05) is 44.9 Å². The first-order valence-electron chi connectivity index (χ1n) is 11.1. The molecule has 4 heteroatoms. The van der Waals surface area contributed by atoms with E-state index in [1.54, 1.807) is 0 Å². The summed E-state index contributed by atoms with van der Waals surface area (Å²) >= 11 is 0. The summed E-state index contributed by atoms with van der Waals surface area (Å²) in [5.74, 6) is 0.702. The van der Waals surface area contributed by atoms with Crippen molar-refractivity contribution in [3.05, 3.63) is 40.1 Å². The highest BCUT2D eigenvalue weighted by Crippen LogP contribution is 2.50. The number of aliphatic hydroxyl groups excluding tert-OH is 1. The van der Waals surface area contributed by atoms with E-state index in [4.69, 9.17) is 9.47 Å². The third-order valence-corrected chi connectivity index (χ3v) is 6.15. The molecular weight excluding hydrogens is 364 g/mol. The van der Waals surface area contributed by atoms with Gasteiger partial charge < -0.3 is 14.6 Å². The SMILES string of the molecule is CC.CCOCOC1=C(c2c(C)cc(C)cc2C)C(=O)[C@@H]2C[C@H](CC)C[C@H](O)[C@H]12. The Balaban J connectivity index is 0.00000145. The summed E-state index contributed by atoms with van der Waals surface area (Å²) in [5.41, 5.74) is 4.96. The van der Waals surface area contributed by atoms with Gasteiger partial charge in [0.15, 0.2) is 12.6 Å². The molecule has 1 N–H and O–H groups in total. The van der Waals surface area contributed by atoms with Gasteiger partial charge in [-0.3, -0.25) is 4.79 Å². The van der Waals surface area contributed by atoms with E-state index in [0.717, 1.165) is 36.0 Å². The van der Waals surface area contributed by atoms with Gasteiger partial charge in [-0.15, -0.1) is 0 Å². The molecule has 1 aromatic rings. The Morgan fingerprint density at radius 1 is 1.07 bits per heavy atom. The minimum absolute atomic E-state index is 0.111. The van der Waals surface area contributed by atoms with Gasteiger partial charge in [0.05, 0.1) is 17.6 Å². The van der Waals surface area contributed by atoms with Crippen LogP contribution in [0, 0.1) is 38.5 Å². The number of ketones is 1. The zero-order valence-electron chi connectivity index (χ0n) is 19.2. The number of allylic oxidation sites excluding steroid dienone is 1. The first-order valence-corrected chi connectivity index (χ1v) is 11.1. The first kappa shape index (κ1) is 23.6. The molecular formula is C25H38O4. The average molecular weight is 403 g/mol. The summed E-state index contributed by atoms with van der Waals surface area (Å²) in [6.07, 6.45) is 2.00. The number of aliphatic hydroxyl groups is 1. The summed E-state index contributed by atoms with van der Waals surface area (Å²) in [4.78, 5) is 13.5. The summed E-state index contributed by atoms with van der Waals surface area (Å²) in [7, 11) is 0. The Kier molecular flexibility index (Phi) is 8.47. The van der Waals surface area contributed by atoms with Gasteiger partial charge in [0.2, 0.25) is 0 Å². The smallest absolute Gasteiger partial charge is 0.188 e. The van der Waals surface area contributed by atoms with E-state index in [9.17, 15) is 9.90 Å². The second kappa shape index (κ2) is 10.4. The molecule has 4 atom stereocenters. The molecule has 0 aliphatic heterocycles. The molecule has 1 aromatic carbocycles. The molecule has 0 radical (unpaired) electrons. The minimum Gasteiger partial charge on any atom is -0.471 e. The fourth-order valence-electron chi connectivity index (χ4n) is 4.97. The molecule has 1 saturated carbocycles. The molecule has 0 heterocycles. The zero-order chi connectivity index (χ0) is 21.7. The topological polar surface area (TPSA) is 55.8 Å². The number of aryl methyl sites for hydroxylation is 3. The molecule has 0 bridgehead atoms. The highest BCUT2D eigenvalue weighted by molar-refractivity contribution is 6.25. The van der Waals surface area contributed by atoms with Crippen LogP contribution in [0.25, 0.3) is 5.57 Å². The largest absolute Gasteiger partial charge is 0.471 e. The van der Waals surface area contributed by atoms with Crippen LogP contribution in [0.2, 0.25) is 0 Å². The Hall–Kier alpha value is -1.65. The van der Waals surface area contributed by atoms with E-state index in [-0.39, 0.29) is 24.4 Å². The van der Waals surface area contributed by atoms with Crippen molar-refractivity contribution >= 4 is 11.4 Å². The normalized spacial score (nSPS) is 26.1. The van der Waals surface area contributed by atoms with Crippen molar-refractivity contribution in [3.8, 4) is 0 Å². The van der Waals surface area contributed by atoms with Crippen LogP contribution >= 0.6 is 0 Å². The highest BCUT2D eigenvalue weighted by Gasteiger charge is 2.51. The number of rotatable bonds is 6. The Morgan fingerprint density at radius 3 is 2.24 bits per heavy atom. The van der Waals surface area contributed by atoms with Gasteiger partial charge in [-0.05, 0) is 63.1 Å². The van der Waals surface area contributed by atoms with Gasteiger partial charge in [0.1, 0.15) is 5.76 Å². The molecule has 1 fully saturated rings. The maximum Gasteiger partial charge on any atom is 0.188 e. The van der Waals surface area contributed by atoms with Crippen molar-refractivity contribution in [2.75, 3.05) is 13.4 Å². The van der Waals surface area contributed by atoms with Crippen molar-refractivity contribution in [2.45, 2.75) is 73.8 Å². The van der Waals surface area contributed by atoms with Crippen LogP contribution in [0.15, 0.2) is 17.9 Å². The number of ether oxygens (including phenoxy) is 2.